The van der Waals surface area contributed by atoms with Crippen molar-refractivity contribution in [3.8, 4) is 6.07 Å². The fourth-order valence-electron chi connectivity index (χ4n) is 2.25. The third kappa shape index (κ3) is 1.47. The predicted molar refractivity (Wildman–Crippen MR) is 62.2 cm³/mol. The van der Waals surface area contributed by atoms with Crippen LogP contribution < -0.4 is 4.90 Å². The number of nitrogens with zero attached hydrogens (tertiary/aromatic N) is 2. The quantitative estimate of drug-likeness (QED) is 0.758. The van der Waals surface area contributed by atoms with Crippen molar-refractivity contribution in [1.82, 2.24) is 0 Å². The summed E-state index contributed by atoms with van der Waals surface area (Å²) >= 11 is 0. The fourth-order valence-corrected chi connectivity index (χ4v) is 2.25. The van der Waals surface area contributed by atoms with Gasteiger partial charge in [-0.3, -0.25) is 4.79 Å². The maximum Gasteiger partial charge on any atom is 0.235 e. The fraction of sp³-hybridized carbons (Fsp3) is 0.385. The summed E-state index contributed by atoms with van der Waals surface area (Å²) in [7, 11) is 0. The zero-order chi connectivity index (χ0) is 11.7. The van der Waals surface area contributed by atoms with Crippen molar-refractivity contribution in [2.24, 2.45) is 0 Å². The number of likely N-dealkylation sites (N-methyl/N-ethyl adjacent to an activating group) is 1. The summed E-state index contributed by atoms with van der Waals surface area (Å²) in [5, 5.41) is 8.78. The maximum atomic E-state index is 12.1. The smallest absolute Gasteiger partial charge is 0.235 e. The van der Waals surface area contributed by atoms with E-state index in [9.17, 15) is 4.79 Å². The minimum absolute atomic E-state index is 0.0599. The molecule has 1 aromatic rings. The van der Waals surface area contributed by atoms with Crippen LogP contribution in [0.15, 0.2) is 18.2 Å². The topological polar surface area (TPSA) is 44.1 Å². The molecular weight excluding hydrogens is 200 g/mol. The van der Waals surface area contributed by atoms with Gasteiger partial charge in [-0.05, 0) is 25.5 Å². The molecule has 1 aliphatic rings. The van der Waals surface area contributed by atoms with Gasteiger partial charge in [-0.2, -0.15) is 5.26 Å². The highest BCUT2D eigenvalue weighted by molar-refractivity contribution is 6.05. The molecule has 1 aliphatic heterocycles. The van der Waals surface area contributed by atoms with Gasteiger partial charge in [0.1, 0.15) is 0 Å². The highest BCUT2D eigenvalue weighted by atomic mass is 16.2. The second-order valence-electron chi connectivity index (χ2n) is 4.06. The van der Waals surface area contributed by atoms with Crippen molar-refractivity contribution < 1.29 is 4.79 Å². The lowest BCUT2D eigenvalue weighted by molar-refractivity contribution is -0.119. The molecule has 0 aliphatic carbocycles. The summed E-state index contributed by atoms with van der Waals surface area (Å²) in [6, 6.07) is 8.10. The monoisotopic (exact) mass is 214 g/mol. The number of anilines is 1. The number of aryl methyl sites for hydroxylation is 1. The Morgan fingerprint density at radius 2 is 2.25 bits per heavy atom. The van der Waals surface area contributed by atoms with Crippen LogP contribution in [0.5, 0.6) is 0 Å². The van der Waals surface area contributed by atoms with Gasteiger partial charge in [0.25, 0.3) is 0 Å². The Morgan fingerprint density at radius 3 is 2.88 bits per heavy atom. The van der Waals surface area contributed by atoms with Crippen LogP contribution in [-0.2, 0) is 4.79 Å². The first-order chi connectivity index (χ1) is 7.69. The van der Waals surface area contributed by atoms with Gasteiger partial charge in [0.15, 0.2) is 0 Å². The molecule has 82 valence electrons. The van der Waals surface area contributed by atoms with Crippen LogP contribution in [0.2, 0.25) is 0 Å². The molecule has 16 heavy (non-hydrogen) atoms. The molecule has 1 amide bonds. The lowest BCUT2D eigenvalue weighted by Gasteiger charge is -2.14. The Labute approximate surface area is 95.3 Å². The van der Waals surface area contributed by atoms with Crippen LogP contribution >= 0.6 is 0 Å². The van der Waals surface area contributed by atoms with Gasteiger partial charge in [0, 0.05) is 12.2 Å². The van der Waals surface area contributed by atoms with Gasteiger partial charge >= 0.3 is 0 Å². The first-order valence-corrected chi connectivity index (χ1v) is 5.48. The second kappa shape index (κ2) is 3.97. The summed E-state index contributed by atoms with van der Waals surface area (Å²) < 4.78 is 0. The SMILES string of the molecule is CCN1C(=O)[C@H](CC#N)c2cc(C)ccc21. The van der Waals surface area contributed by atoms with E-state index in [-0.39, 0.29) is 18.2 Å². The number of carbonyl (C=O) groups is 1. The van der Waals surface area contributed by atoms with Gasteiger partial charge in [-0.25, -0.2) is 0 Å². The highest BCUT2D eigenvalue weighted by Crippen LogP contribution is 2.39. The van der Waals surface area contributed by atoms with Crippen molar-refractivity contribution >= 4 is 11.6 Å². The minimum Gasteiger partial charge on any atom is -0.312 e. The Bertz CT molecular complexity index is 473. The standard InChI is InChI=1S/C13H14N2O/c1-3-15-12-5-4-9(2)8-11(12)10(6-7-14)13(15)16/h4-5,8,10H,3,6H2,1-2H3/t10-/m1/s1. The Kier molecular flexibility index (Phi) is 2.66. The van der Waals surface area contributed by atoms with Crippen molar-refractivity contribution in [3.63, 3.8) is 0 Å². The van der Waals surface area contributed by atoms with Gasteiger partial charge in [0.05, 0.1) is 18.4 Å². The van der Waals surface area contributed by atoms with E-state index < -0.39 is 0 Å². The molecule has 0 fully saturated rings. The predicted octanol–water partition coefficient (Wildman–Crippen LogP) is 2.36. The number of nitriles is 1. The Morgan fingerprint density at radius 1 is 1.50 bits per heavy atom. The molecular formula is C13H14N2O. The highest BCUT2D eigenvalue weighted by Gasteiger charge is 2.35. The van der Waals surface area contributed by atoms with Crippen molar-refractivity contribution in [2.75, 3.05) is 11.4 Å². The number of hydrogen-bond donors (Lipinski definition) is 0. The third-order valence-corrected chi connectivity index (χ3v) is 3.03. The number of carbonyl (C=O) groups excluding carboxylic acids is 1. The summed E-state index contributed by atoms with van der Waals surface area (Å²) in [5.41, 5.74) is 3.11. The molecule has 2 rings (SSSR count). The van der Waals surface area contributed by atoms with Gasteiger partial charge in [-0.15, -0.1) is 0 Å². The van der Waals surface area contributed by atoms with Crippen LogP contribution in [0.4, 0.5) is 5.69 Å². The van der Waals surface area contributed by atoms with E-state index in [1.807, 2.05) is 32.0 Å². The van der Waals surface area contributed by atoms with E-state index in [1.165, 1.54) is 0 Å². The first kappa shape index (κ1) is 10.7. The first-order valence-electron chi connectivity index (χ1n) is 5.48. The van der Waals surface area contributed by atoms with Crippen LogP contribution in [0.3, 0.4) is 0 Å². The van der Waals surface area contributed by atoms with E-state index in [1.54, 1.807) is 4.90 Å². The molecule has 0 spiro atoms. The molecule has 1 heterocycles. The molecule has 1 atom stereocenters. The van der Waals surface area contributed by atoms with Crippen LogP contribution in [-0.4, -0.2) is 12.5 Å². The third-order valence-electron chi connectivity index (χ3n) is 3.03. The molecule has 0 saturated carbocycles. The zero-order valence-electron chi connectivity index (χ0n) is 9.53. The van der Waals surface area contributed by atoms with Crippen molar-refractivity contribution in [3.05, 3.63) is 29.3 Å². The van der Waals surface area contributed by atoms with Crippen LogP contribution in [0, 0.1) is 18.3 Å². The normalized spacial score (nSPS) is 18.4. The van der Waals surface area contributed by atoms with E-state index in [2.05, 4.69) is 6.07 Å². The maximum absolute atomic E-state index is 12.1. The molecule has 0 saturated heterocycles. The molecule has 1 aromatic carbocycles. The average Bonchev–Trinajstić information content (AvgIpc) is 2.52. The molecule has 0 unspecified atom stereocenters. The van der Waals surface area contributed by atoms with Crippen molar-refractivity contribution in [2.45, 2.75) is 26.2 Å². The zero-order valence-corrected chi connectivity index (χ0v) is 9.53. The summed E-state index contributed by atoms with van der Waals surface area (Å²) in [4.78, 5) is 13.8. The van der Waals surface area contributed by atoms with E-state index in [0.29, 0.717) is 6.54 Å². The van der Waals surface area contributed by atoms with Crippen LogP contribution in [0.25, 0.3) is 0 Å². The van der Waals surface area contributed by atoms with E-state index in [4.69, 9.17) is 5.26 Å². The molecule has 0 radical (unpaired) electrons. The molecule has 3 nitrogen and oxygen atoms in total. The summed E-state index contributed by atoms with van der Waals surface area (Å²) in [5.74, 6) is -0.204. The number of hydrogen-bond acceptors (Lipinski definition) is 2. The van der Waals surface area contributed by atoms with Gasteiger partial charge in [-0.1, -0.05) is 17.7 Å². The number of rotatable bonds is 2. The van der Waals surface area contributed by atoms with E-state index in [0.717, 1.165) is 16.8 Å². The number of amides is 1. The Hall–Kier alpha value is -1.82. The lowest BCUT2D eigenvalue weighted by Crippen LogP contribution is -2.28. The number of benzene rings is 1. The summed E-state index contributed by atoms with van der Waals surface area (Å²) in [6.07, 6.45) is 0.270. The molecule has 0 bridgehead atoms. The average molecular weight is 214 g/mol. The molecule has 3 heteroatoms. The van der Waals surface area contributed by atoms with Gasteiger partial charge in [0.2, 0.25) is 5.91 Å². The summed E-state index contributed by atoms with van der Waals surface area (Å²) in [6.45, 7) is 4.62. The van der Waals surface area contributed by atoms with Crippen LogP contribution in [0.1, 0.15) is 30.4 Å². The second-order valence-corrected chi connectivity index (χ2v) is 4.06. The van der Waals surface area contributed by atoms with Crippen molar-refractivity contribution in [1.29, 1.82) is 5.26 Å². The minimum atomic E-state index is -0.264. The largest absolute Gasteiger partial charge is 0.312 e. The lowest BCUT2D eigenvalue weighted by atomic mass is 9.96. The molecule has 0 N–H and O–H groups in total. The van der Waals surface area contributed by atoms with Gasteiger partial charge < -0.3 is 4.90 Å². The van der Waals surface area contributed by atoms with E-state index >= 15 is 0 Å². The number of fused-ring (bicyclic) bond motifs is 1. The Balaban J connectivity index is 2.51. The molecule has 0 aromatic heterocycles.